The lowest BCUT2D eigenvalue weighted by molar-refractivity contribution is 0.0828. The summed E-state index contributed by atoms with van der Waals surface area (Å²) in [7, 11) is -1.48. The van der Waals surface area contributed by atoms with Crippen molar-refractivity contribution in [1.29, 1.82) is 0 Å². The van der Waals surface area contributed by atoms with Gasteiger partial charge < -0.3 is 9.84 Å². The van der Waals surface area contributed by atoms with Crippen LogP contribution in [0.2, 0.25) is 0 Å². The average molecular weight is 255 g/mol. The number of aliphatic hydroxyl groups is 1. The molecule has 92 valence electrons. The Hall–Kier alpha value is -1.40. The van der Waals surface area contributed by atoms with Crippen LogP contribution in [0.4, 0.5) is 4.79 Å². The molecule has 1 aromatic carbocycles. The molecular formula is C11H13NO4S. The summed E-state index contributed by atoms with van der Waals surface area (Å²) in [6, 6.07) is 8.62. The number of nitrogens with zero attached hydrogens (tertiary/aromatic N) is 1. The van der Waals surface area contributed by atoms with Crippen molar-refractivity contribution in [3.05, 3.63) is 35.9 Å². The van der Waals surface area contributed by atoms with Gasteiger partial charge in [0.2, 0.25) is 0 Å². The summed E-state index contributed by atoms with van der Waals surface area (Å²) in [5, 5.41) is 9.21. The molecular weight excluding hydrogens is 242 g/mol. The fraction of sp³-hybridized carbons (Fsp3) is 0.364. The van der Waals surface area contributed by atoms with Crippen LogP contribution in [0.25, 0.3) is 0 Å². The third kappa shape index (κ3) is 2.18. The van der Waals surface area contributed by atoms with E-state index in [1.807, 2.05) is 30.3 Å². The number of benzene rings is 1. The van der Waals surface area contributed by atoms with E-state index in [0.29, 0.717) is 0 Å². The highest BCUT2D eigenvalue weighted by Gasteiger charge is 2.44. The Balaban J connectivity index is 2.39. The number of rotatable bonds is 3. The molecule has 0 aliphatic carbocycles. The normalized spacial score (nSPS) is 25.8. The highest BCUT2D eigenvalue weighted by atomic mass is 32.2. The van der Waals surface area contributed by atoms with Gasteiger partial charge in [0.05, 0.1) is 6.61 Å². The molecule has 6 heteroatoms. The molecule has 1 amide bonds. The highest BCUT2D eigenvalue weighted by molar-refractivity contribution is 7.82. The number of ether oxygens (including phenoxy) is 1. The van der Waals surface area contributed by atoms with Crippen molar-refractivity contribution in [2.45, 2.75) is 12.1 Å². The van der Waals surface area contributed by atoms with E-state index in [1.165, 1.54) is 6.26 Å². The maximum atomic E-state index is 11.6. The lowest BCUT2D eigenvalue weighted by Gasteiger charge is -2.21. The molecule has 0 saturated carbocycles. The zero-order valence-corrected chi connectivity index (χ0v) is 10.1. The summed E-state index contributed by atoms with van der Waals surface area (Å²) in [6.45, 7) is -0.293. The van der Waals surface area contributed by atoms with Crippen molar-refractivity contribution in [3.8, 4) is 0 Å². The SMILES string of the molecule is CS(=O)N1C(=O)OC(CO)C1c1ccccc1. The Labute approximate surface area is 102 Å². The van der Waals surface area contributed by atoms with Gasteiger partial charge in [-0.25, -0.2) is 13.3 Å². The molecule has 1 aromatic rings. The molecule has 0 bridgehead atoms. The maximum absolute atomic E-state index is 11.6. The van der Waals surface area contributed by atoms with E-state index in [0.717, 1.165) is 9.87 Å². The van der Waals surface area contributed by atoms with Crippen LogP contribution < -0.4 is 0 Å². The number of carbonyl (C=O) groups excluding carboxylic acids is 1. The van der Waals surface area contributed by atoms with Crippen LogP contribution in [0.3, 0.4) is 0 Å². The van der Waals surface area contributed by atoms with Gasteiger partial charge in [0, 0.05) is 6.26 Å². The Morgan fingerprint density at radius 1 is 1.41 bits per heavy atom. The predicted molar refractivity (Wildman–Crippen MR) is 62.4 cm³/mol. The van der Waals surface area contributed by atoms with E-state index < -0.39 is 29.2 Å². The second-order valence-electron chi connectivity index (χ2n) is 3.71. The van der Waals surface area contributed by atoms with Crippen LogP contribution in [0.15, 0.2) is 30.3 Å². The summed E-state index contributed by atoms with van der Waals surface area (Å²) in [5.74, 6) is 0. The summed E-state index contributed by atoms with van der Waals surface area (Å²) >= 11 is 0. The van der Waals surface area contributed by atoms with Gasteiger partial charge in [-0.15, -0.1) is 0 Å². The van der Waals surface area contributed by atoms with E-state index in [4.69, 9.17) is 4.74 Å². The number of cyclic esters (lactones) is 1. The third-order valence-electron chi connectivity index (χ3n) is 2.63. The molecule has 0 spiro atoms. The zero-order chi connectivity index (χ0) is 12.4. The minimum absolute atomic E-state index is 0.293. The Kier molecular flexibility index (Phi) is 3.44. The monoisotopic (exact) mass is 255 g/mol. The standard InChI is InChI=1S/C11H13NO4S/c1-17(15)12-10(8-5-3-2-4-6-8)9(7-13)16-11(12)14/h2-6,9-10,13H,7H2,1H3. The molecule has 3 unspecified atom stereocenters. The summed E-state index contributed by atoms with van der Waals surface area (Å²) < 4.78 is 17.7. The number of hydrogen-bond donors (Lipinski definition) is 1. The highest BCUT2D eigenvalue weighted by Crippen LogP contribution is 2.33. The molecule has 1 heterocycles. The van der Waals surface area contributed by atoms with Crippen LogP contribution >= 0.6 is 0 Å². The largest absolute Gasteiger partial charge is 0.440 e. The molecule has 3 atom stereocenters. The van der Waals surface area contributed by atoms with Crippen molar-refractivity contribution in [2.75, 3.05) is 12.9 Å². The molecule has 17 heavy (non-hydrogen) atoms. The lowest BCUT2D eigenvalue weighted by Crippen LogP contribution is -2.31. The lowest BCUT2D eigenvalue weighted by atomic mass is 10.0. The molecule has 0 radical (unpaired) electrons. The fourth-order valence-electron chi connectivity index (χ4n) is 1.91. The van der Waals surface area contributed by atoms with E-state index in [-0.39, 0.29) is 6.61 Å². The van der Waals surface area contributed by atoms with Gasteiger partial charge in [-0.3, -0.25) is 0 Å². The van der Waals surface area contributed by atoms with Crippen LogP contribution in [-0.2, 0) is 15.7 Å². The number of carbonyl (C=O) groups is 1. The number of aliphatic hydroxyl groups excluding tert-OH is 1. The number of hydrogen-bond acceptors (Lipinski definition) is 4. The molecule has 1 aliphatic rings. The van der Waals surface area contributed by atoms with Crippen molar-refractivity contribution in [2.24, 2.45) is 0 Å². The van der Waals surface area contributed by atoms with Crippen molar-refractivity contribution in [3.63, 3.8) is 0 Å². The zero-order valence-electron chi connectivity index (χ0n) is 9.28. The first-order valence-corrected chi connectivity index (χ1v) is 6.66. The molecule has 5 nitrogen and oxygen atoms in total. The van der Waals surface area contributed by atoms with Gasteiger partial charge >= 0.3 is 6.09 Å². The van der Waals surface area contributed by atoms with Gasteiger partial charge in [-0.1, -0.05) is 30.3 Å². The molecule has 1 aliphatic heterocycles. The summed E-state index contributed by atoms with van der Waals surface area (Å²) in [4.78, 5) is 11.6. The smallest absolute Gasteiger partial charge is 0.422 e. The summed E-state index contributed by atoms with van der Waals surface area (Å²) in [6.07, 6.45) is 0.0873. The first-order valence-electron chi connectivity index (χ1n) is 5.14. The van der Waals surface area contributed by atoms with Gasteiger partial charge in [0.25, 0.3) is 0 Å². The Morgan fingerprint density at radius 3 is 2.59 bits per heavy atom. The van der Waals surface area contributed by atoms with E-state index in [1.54, 1.807) is 0 Å². The van der Waals surface area contributed by atoms with Crippen LogP contribution in [0, 0.1) is 0 Å². The molecule has 1 saturated heterocycles. The van der Waals surface area contributed by atoms with Gasteiger partial charge in [0.15, 0.2) is 6.10 Å². The van der Waals surface area contributed by atoms with Crippen molar-refractivity contribution in [1.82, 2.24) is 4.31 Å². The van der Waals surface area contributed by atoms with Gasteiger partial charge in [0.1, 0.15) is 17.0 Å². The quantitative estimate of drug-likeness (QED) is 0.869. The van der Waals surface area contributed by atoms with Gasteiger partial charge in [-0.05, 0) is 5.56 Å². The first kappa shape index (κ1) is 12.1. The van der Waals surface area contributed by atoms with Crippen molar-refractivity contribution >= 4 is 17.1 Å². The van der Waals surface area contributed by atoms with Crippen LogP contribution in [-0.4, -0.2) is 38.7 Å². The van der Waals surface area contributed by atoms with Crippen molar-refractivity contribution < 1.29 is 18.8 Å². The van der Waals surface area contributed by atoms with Crippen LogP contribution in [0.1, 0.15) is 11.6 Å². The van der Waals surface area contributed by atoms with E-state index in [9.17, 15) is 14.1 Å². The average Bonchev–Trinajstić information content (AvgIpc) is 2.67. The minimum atomic E-state index is -1.48. The Morgan fingerprint density at radius 2 is 2.06 bits per heavy atom. The molecule has 0 aromatic heterocycles. The summed E-state index contributed by atoms with van der Waals surface area (Å²) in [5.41, 5.74) is 0.799. The maximum Gasteiger partial charge on any atom is 0.422 e. The molecule has 1 N–H and O–H groups in total. The molecule has 2 rings (SSSR count). The molecule has 1 fully saturated rings. The number of amides is 1. The minimum Gasteiger partial charge on any atom is -0.440 e. The topological polar surface area (TPSA) is 66.8 Å². The first-order chi connectivity index (χ1) is 8.15. The second kappa shape index (κ2) is 4.85. The Bertz CT molecular complexity index is 436. The third-order valence-corrected chi connectivity index (χ3v) is 3.57. The second-order valence-corrected chi connectivity index (χ2v) is 4.95. The van der Waals surface area contributed by atoms with Crippen LogP contribution in [0.5, 0.6) is 0 Å². The van der Waals surface area contributed by atoms with E-state index in [2.05, 4.69) is 0 Å². The fourth-order valence-corrected chi connectivity index (χ4v) is 2.74. The van der Waals surface area contributed by atoms with E-state index >= 15 is 0 Å². The van der Waals surface area contributed by atoms with Gasteiger partial charge in [-0.2, -0.15) is 0 Å². The predicted octanol–water partition coefficient (Wildman–Crippen LogP) is 0.834.